The van der Waals surface area contributed by atoms with Crippen LogP contribution in [0.2, 0.25) is 0 Å². The Labute approximate surface area is 139 Å². The second-order valence-corrected chi connectivity index (χ2v) is 7.12. The molecule has 2 aromatic rings. The predicted molar refractivity (Wildman–Crippen MR) is 95.0 cm³/mol. The average molecular weight is 309 g/mol. The second kappa shape index (κ2) is 7.29. The summed E-state index contributed by atoms with van der Waals surface area (Å²) >= 11 is 0. The molecule has 1 saturated carbocycles. The highest BCUT2D eigenvalue weighted by molar-refractivity contribution is 5.17. The molecular formula is C21H27NO. The van der Waals surface area contributed by atoms with Crippen molar-refractivity contribution in [2.75, 3.05) is 0 Å². The van der Waals surface area contributed by atoms with Gasteiger partial charge >= 0.3 is 0 Å². The first kappa shape index (κ1) is 16.2. The number of hydrogen-bond acceptors (Lipinski definition) is 2. The predicted octanol–water partition coefficient (Wildman–Crippen LogP) is 4.38. The lowest BCUT2D eigenvalue weighted by molar-refractivity contribution is -0.0203. The van der Waals surface area contributed by atoms with Crippen molar-refractivity contribution >= 4 is 0 Å². The van der Waals surface area contributed by atoms with Crippen molar-refractivity contribution < 1.29 is 5.11 Å². The summed E-state index contributed by atoms with van der Waals surface area (Å²) < 4.78 is 0. The van der Waals surface area contributed by atoms with Gasteiger partial charge in [-0.05, 0) is 43.7 Å². The maximum Gasteiger partial charge on any atom is 0.0634 e. The number of aliphatic hydroxyl groups is 1. The maximum atomic E-state index is 10.5. The van der Waals surface area contributed by atoms with Gasteiger partial charge in [0.2, 0.25) is 0 Å². The molecule has 0 amide bonds. The van der Waals surface area contributed by atoms with Crippen LogP contribution < -0.4 is 0 Å². The first-order chi connectivity index (χ1) is 11.1. The summed E-state index contributed by atoms with van der Waals surface area (Å²) in [5, 5.41) is 10.5. The second-order valence-electron chi connectivity index (χ2n) is 7.12. The van der Waals surface area contributed by atoms with Gasteiger partial charge in [-0.15, -0.1) is 0 Å². The molecule has 1 aliphatic rings. The molecule has 1 aliphatic carbocycles. The molecule has 0 bridgehead atoms. The fraction of sp³-hybridized carbons (Fsp3) is 0.429. The van der Waals surface area contributed by atoms with Crippen LogP contribution in [0, 0.1) is 0 Å². The molecule has 0 spiro atoms. The van der Waals surface area contributed by atoms with Gasteiger partial charge in [-0.3, -0.25) is 4.90 Å². The van der Waals surface area contributed by atoms with Crippen molar-refractivity contribution in [2.45, 2.75) is 57.3 Å². The third-order valence-corrected chi connectivity index (χ3v) is 4.90. The van der Waals surface area contributed by atoms with Gasteiger partial charge in [-0.2, -0.15) is 0 Å². The monoisotopic (exact) mass is 309 g/mol. The van der Waals surface area contributed by atoms with Crippen LogP contribution in [-0.4, -0.2) is 21.6 Å². The molecule has 1 fully saturated rings. The van der Waals surface area contributed by atoms with Gasteiger partial charge in [0.1, 0.15) is 0 Å². The van der Waals surface area contributed by atoms with E-state index in [9.17, 15) is 5.11 Å². The van der Waals surface area contributed by atoms with E-state index in [0.717, 1.165) is 32.4 Å². The molecule has 0 saturated heterocycles. The third-order valence-electron chi connectivity index (χ3n) is 4.90. The zero-order valence-electron chi connectivity index (χ0n) is 14.0. The SMILES string of the molecule is CC1(O)CCCC(N(Cc2ccccc2)Cc2ccccc2)C1. The van der Waals surface area contributed by atoms with E-state index in [1.54, 1.807) is 0 Å². The number of rotatable bonds is 5. The molecule has 2 aromatic carbocycles. The Morgan fingerprint density at radius 2 is 1.48 bits per heavy atom. The lowest BCUT2D eigenvalue weighted by Crippen LogP contribution is -2.44. The van der Waals surface area contributed by atoms with Gasteiger partial charge < -0.3 is 5.11 Å². The van der Waals surface area contributed by atoms with E-state index >= 15 is 0 Å². The Balaban J connectivity index is 1.78. The van der Waals surface area contributed by atoms with E-state index in [1.165, 1.54) is 17.5 Å². The Hall–Kier alpha value is -1.64. The highest BCUT2D eigenvalue weighted by atomic mass is 16.3. The molecule has 2 unspecified atom stereocenters. The molecule has 122 valence electrons. The van der Waals surface area contributed by atoms with Crippen LogP contribution in [0.25, 0.3) is 0 Å². The van der Waals surface area contributed by atoms with Crippen molar-refractivity contribution in [3.63, 3.8) is 0 Å². The summed E-state index contributed by atoms with van der Waals surface area (Å²) in [4.78, 5) is 2.54. The van der Waals surface area contributed by atoms with Crippen molar-refractivity contribution in [1.29, 1.82) is 0 Å². The molecule has 0 radical (unpaired) electrons. The Bertz CT molecular complexity index is 552. The first-order valence-corrected chi connectivity index (χ1v) is 8.67. The van der Waals surface area contributed by atoms with Crippen LogP contribution >= 0.6 is 0 Å². The normalized spacial score (nSPS) is 24.7. The van der Waals surface area contributed by atoms with Crippen molar-refractivity contribution in [3.05, 3.63) is 71.8 Å². The standard InChI is InChI=1S/C21H27NO/c1-21(23)14-8-13-20(15-21)22(16-18-9-4-2-5-10-18)17-19-11-6-3-7-12-19/h2-7,9-12,20,23H,8,13-17H2,1H3. The van der Waals surface area contributed by atoms with E-state index in [1.807, 2.05) is 6.92 Å². The summed E-state index contributed by atoms with van der Waals surface area (Å²) in [5.74, 6) is 0. The van der Waals surface area contributed by atoms with Gasteiger partial charge in [0.25, 0.3) is 0 Å². The molecule has 2 atom stereocenters. The Morgan fingerprint density at radius 3 is 1.96 bits per heavy atom. The lowest BCUT2D eigenvalue weighted by atomic mass is 9.82. The minimum absolute atomic E-state index is 0.444. The molecule has 3 rings (SSSR count). The Morgan fingerprint density at radius 1 is 0.957 bits per heavy atom. The van der Waals surface area contributed by atoms with Crippen molar-refractivity contribution in [3.8, 4) is 0 Å². The maximum absolute atomic E-state index is 10.5. The fourth-order valence-electron chi connectivity index (χ4n) is 3.69. The molecule has 0 heterocycles. The molecular weight excluding hydrogens is 282 g/mol. The van der Waals surface area contributed by atoms with E-state index < -0.39 is 5.60 Å². The number of nitrogens with zero attached hydrogens (tertiary/aromatic N) is 1. The molecule has 1 N–H and O–H groups in total. The van der Waals surface area contributed by atoms with E-state index in [-0.39, 0.29) is 0 Å². The number of hydrogen-bond donors (Lipinski definition) is 1. The van der Waals surface area contributed by atoms with Gasteiger partial charge in [-0.1, -0.05) is 60.7 Å². The zero-order valence-corrected chi connectivity index (χ0v) is 14.0. The lowest BCUT2D eigenvalue weighted by Gasteiger charge is -2.40. The summed E-state index contributed by atoms with van der Waals surface area (Å²) in [6.45, 7) is 3.87. The van der Waals surface area contributed by atoms with Crippen molar-refractivity contribution in [1.82, 2.24) is 4.90 Å². The van der Waals surface area contributed by atoms with Crippen LogP contribution in [0.1, 0.15) is 43.7 Å². The summed E-state index contributed by atoms with van der Waals surface area (Å²) in [6, 6.07) is 21.8. The first-order valence-electron chi connectivity index (χ1n) is 8.67. The molecule has 2 heteroatoms. The highest BCUT2D eigenvalue weighted by Crippen LogP contribution is 2.32. The molecule has 2 nitrogen and oxygen atoms in total. The molecule has 0 aromatic heterocycles. The van der Waals surface area contributed by atoms with E-state index in [2.05, 4.69) is 65.6 Å². The van der Waals surface area contributed by atoms with Crippen molar-refractivity contribution in [2.24, 2.45) is 0 Å². The van der Waals surface area contributed by atoms with Gasteiger partial charge in [0, 0.05) is 19.1 Å². The minimum Gasteiger partial charge on any atom is -0.390 e. The summed E-state index contributed by atoms with van der Waals surface area (Å²) in [5.41, 5.74) is 2.16. The minimum atomic E-state index is -0.519. The summed E-state index contributed by atoms with van der Waals surface area (Å²) in [7, 11) is 0. The van der Waals surface area contributed by atoms with Crippen LogP contribution in [0.4, 0.5) is 0 Å². The van der Waals surface area contributed by atoms with Crippen LogP contribution in [-0.2, 0) is 13.1 Å². The smallest absolute Gasteiger partial charge is 0.0634 e. The van der Waals surface area contributed by atoms with E-state index in [0.29, 0.717) is 6.04 Å². The topological polar surface area (TPSA) is 23.5 Å². The largest absolute Gasteiger partial charge is 0.390 e. The average Bonchev–Trinajstić information content (AvgIpc) is 2.55. The van der Waals surface area contributed by atoms with Gasteiger partial charge in [-0.25, -0.2) is 0 Å². The molecule has 0 aliphatic heterocycles. The fourth-order valence-corrected chi connectivity index (χ4v) is 3.69. The number of benzene rings is 2. The van der Waals surface area contributed by atoms with Crippen LogP contribution in [0.5, 0.6) is 0 Å². The van der Waals surface area contributed by atoms with Gasteiger partial charge in [0.15, 0.2) is 0 Å². The van der Waals surface area contributed by atoms with Gasteiger partial charge in [0.05, 0.1) is 5.60 Å². The Kier molecular flexibility index (Phi) is 5.14. The van der Waals surface area contributed by atoms with E-state index in [4.69, 9.17) is 0 Å². The molecule has 23 heavy (non-hydrogen) atoms. The third kappa shape index (κ3) is 4.66. The summed E-state index contributed by atoms with van der Waals surface area (Å²) in [6.07, 6.45) is 4.08. The quantitative estimate of drug-likeness (QED) is 0.886. The van der Waals surface area contributed by atoms with Crippen LogP contribution in [0.3, 0.4) is 0 Å². The zero-order chi connectivity index (χ0) is 16.1. The highest BCUT2D eigenvalue weighted by Gasteiger charge is 2.33. The van der Waals surface area contributed by atoms with Crippen LogP contribution in [0.15, 0.2) is 60.7 Å².